The van der Waals surface area contributed by atoms with Gasteiger partial charge in [0.2, 0.25) is 0 Å². The molecule has 0 saturated carbocycles. The molecule has 12 rings (SSSR count). The third kappa shape index (κ3) is 5.42. The zero-order chi connectivity index (χ0) is 42.2. The lowest BCUT2D eigenvalue weighted by molar-refractivity contribution is 1.09. The largest absolute Gasteiger partial charge is 0.337 e. The van der Waals surface area contributed by atoms with Crippen LogP contribution < -0.4 is 4.90 Å². The van der Waals surface area contributed by atoms with Crippen LogP contribution in [0.15, 0.2) is 201 Å². The molecule has 0 unspecified atom stereocenters. The molecule has 6 nitrogen and oxygen atoms in total. The number of fused-ring (bicyclic) bond motifs is 10. The van der Waals surface area contributed by atoms with E-state index < -0.39 is 0 Å². The van der Waals surface area contributed by atoms with Gasteiger partial charge in [-0.3, -0.25) is 0 Å². The quantitative estimate of drug-likeness (QED) is 0.178. The fourth-order valence-electron chi connectivity index (χ4n) is 9.87. The molecule has 0 aliphatic carbocycles. The molecule has 0 N–H and O–H groups in total. The topological polar surface area (TPSA) is 65.6 Å². The monoisotopic (exact) mass is 804 g/mol. The summed E-state index contributed by atoms with van der Waals surface area (Å²) in [6, 6.07) is 64.0. The second-order valence-electron chi connectivity index (χ2n) is 16.0. The second-order valence-corrected chi connectivity index (χ2v) is 16.0. The molecule has 0 fully saturated rings. The van der Waals surface area contributed by atoms with E-state index in [2.05, 4.69) is 183 Å². The fraction of sp³-hybridized carbons (Fsp3) is 0.0175. The first-order valence-corrected chi connectivity index (χ1v) is 21.0. The number of aromatic nitrogens is 3. The molecule has 6 heteroatoms. The van der Waals surface area contributed by atoms with Crippen molar-refractivity contribution in [2.45, 2.75) is 0 Å². The number of hydrogen-bond acceptors (Lipinski definition) is 3. The molecule has 1 aliphatic heterocycles. The molecule has 294 valence electrons. The van der Waals surface area contributed by atoms with Crippen molar-refractivity contribution in [2.75, 3.05) is 11.4 Å². The molecule has 63 heavy (non-hydrogen) atoms. The Balaban J connectivity index is 1.12. The van der Waals surface area contributed by atoms with E-state index in [-0.39, 0.29) is 0 Å². The maximum Gasteiger partial charge on any atom is 0.101 e. The first-order chi connectivity index (χ1) is 31.1. The zero-order valence-electron chi connectivity index (χ0n) is 34.1. The summed E-state index contributed by atoms with van der Waals surface area (Å²) in [7, 11) is 0. The first-order valence-electron chi connectivity index (χ1n) is 21.0. The van der Waals surface area contributed by atoms with Crippen molar-refractivity contribution in [1.82, 2.24) is 13.7 Å². The molecular formula is C57H36N6. The fourth-order valence-corrected chi connectivity index (χ4v) is 9.87. The van der Waals surface area contributed by atoms with Gasteiger partial charge in [0.05, 0.1) is 61.3 Å². The number of rotatable bonds is 4. The summed E-state index contributed by atoms with van der Waals surface area (Å²) in [5, 5.41) is 28.7. The van der Waals surface area contributed by atoms with Crippen LogP contribution in [0.4, 0.5) is 11.4 Å². The number of benzene rings is 8. The standard InChI is InChI=1S/C57H36N6/c1-37-17-5-4-16-28-60(40-18-6-2-7-19-40)54-32-46-43-23-11-14-26-50(43)62(56(46)31-45(37)54)52-29-39(36-59)53(30-38(52)35-58)63-51-27-15-12-24-44(51)48-33-55-47(34-57(48)63)42-22-10-13-25-49(42)61(55)41-20-8-3-9-21-41/h2-27,29-34H,1,28H2/b16-4-,17-5-. The Hall–Kier alpha value is -8.84. The summed E-state index contributed by atoms with van der Waals surface area (Å²) in [4.78, 5) is 2.32. The number of nitrogens with zero attached hydrogens (tertiary/aromatic N) is 6. The highest BCUT2D eigenvalue weighted by molar-refractivity contribution is 6.19. The highest BCUT2D eigenvalue weighted by Gasteiger charge is 2.25. The summed E-state index contributed by atoms with van der Waals surface area (Å²) < 4.78 is 6.65. The van der Waals surface area contributed by atoms with Gasteiger partial charge in [-0.15, -0.1) is 0 Å². The van der Waals surface area contributed by atoms with E-state index in [1.165, 1.54) is 0 Å². The number of allylic oxidation sites excluding steroid dienone is 4. The molecule has 1 aliphatic rings. The van der Waals surface area contributed by atoms with Crippen LogP contribution >= 0.6 is 0 Å². The SMILES string of the molecule is C=C1/C=C\C=C/CN(c2ccccc2)c2cc3c4ccccc4n(-c4cc(C#N)c(-n5c6ccccc6c6cc7c(cc65)c5ccccc5n7-c5ccccc5)cc4C#N)c3cc21. The van der Waals surface area contributed by atoms with E-state index in [0.717, 1.165) is 93.6 Å². The summed E-state index contributed by atoms with van der Waals surface area (Å²) in [6.45, 7) is 5.21. The third-order valence-electron chi connectivity index (χ3n) is 12.6. The average molecular weight is 805 g/mol. The predicted octanol–water partition coefficient (Wildman–Crippen LogP) is 14.0. The summed E-state index contributed by atoms with van der Waals surface area (Å²) in [6.07, 6.45) is 8.30. The second kappa shape index (κ2) is 14.1. The van der Waals surface area contributed by atoms with Crippen LogP contribution in [0.1, 0.15) is 16.7 Å². The Bertz CT molecular complexity index is 3860. The summed E-state index contributed by atoms with van der Waals surface area (Å²) in [5.41, 5.74) is 13.3. The molecule has 0 amide bonds. The molecule has 3 aromatic heterocycles. The van der Waals surface area contributed by atoms with E-state index in [0.29, 0.717) is 29.0 Å². The summed E-state index contributed by atoms with van der Waals surface area (Å²) in [5.74, 6) is 0. The van der Waals surface area contributed by atoms with Gasteiger partial charge in [-0.25, -0.2) is 0 Å². The molecule has 8 aromatic carbocycles. The average Bonchev–Trinajstić information content (AvgIpc) is 3.97. The van der Waals surface area contributed by atoms with Crippen molar-refractivity contribution in [2.24, 2.45) is 0 Å². The Morgan fingerprint density at radius 2 is 0.873 bits per heavy atom. The van der Waals surface area contributed by atoms with E-state index in [9.17, 15) is 10.5 Å². The van der Waals surface area contributed by atoms with Gasteiger partial charge in [0.1, 0.15) is 12.1 Å². The molecular weight excluding hydrogens is 769 g/mol. The Morgan fingerprint density at radius 3 is 1.43 bits per heavy atom. The maximum atomic E-state index is 11.1. The van der Waals surface area contributed by atoms with Crippen LogP contribution in [0.2, 0.25) is 0 Å². The zero-order valence-corrected chi connectivity index (χ0v) is 34.1. The lowest BCUT2D eigenvalue weighted by Gasteiger charge is -2.27. The van der Waals surface area contributed by atoms with Crippen molar-refractivity contribution in [3.05, 3.63) is 217 Å². The van der Waals surface area contributed by atoms with E-state index in [1.54, 1.807) is 0 Å². The van der Waals surface area contributed by atoms with E-state index in [1.807, 2.05) is 48.6 Å². The van der Waals surface area contributed by atoms with E-state index in [4.69, 9.17) is 0 Å². The smallest absolute Gasteiger partial charge is 0.101 e. The Morgan fingerprint density at radius 1 is 0.413 bits per heavy atom. The minimum atomic E-state index is 0.455. The lowest BCUT2D eigenvalue weighted by atomic mass is 10.00. The van der Waals surface area contributed by atoms with Crippen LogP contribution in [0.25, 0.3) is 88.1 Å². The third-order valence-corrected chi connectivity index (χ3v) is 12.6. The van der Waals surface area contributed by atoms with E-state index >= 15 is 0 Å². The minimum Gasteiger partial charge on any atom is -0.337 e. The van der Waals surface area contributed by atoms with Crippen molar-refractivity contribution in [1.29, 1.82) is 10.5 Å². The number of nitriles is 2. The molecule has 0 bridgehead atoms. The molecule has 0 atom stereocenters. The molecule has 11 aromatic rings. The van der Waals surface area contributed by atoms with Crippen molar-refractivity contribution in [3.8, 4) is 29.2 Å². The Labute approximate surface area is 363 Å². The molecule has 0 radical (unpaired) electrons. The van der Waals surface area contributed by atoms with Gasteiger partial charge in [-0.2, -0.15) is 10.5 Å². The molecule has 4 heterocycles. The van der Waals surface area contributed by atoms with Gasteiger partial charge in [0.25, 0.3) is 0 Å². The predicted molar refractivity (Wildman–Crippen MR) is 260 cm³/mol. The Kier molecular flexibility index (Phi) is 8.09. The highest BCUT2D eigenvalue weighted by atomic mass is 15.1. The first kappa shape index (κ1) is 36.0. The van der Waals surface area contributed by atoms with Crippen LogP contribution in [0.3, 0.4) is 0 Å². The van der Waals surface area contributed by atoms with Gasteiger partial charge in [0, 0.05) is 55.8 Å². The van der Waals surface area contributed by atoms with Gasteiger partial charge >= 0.3 is 0 Å². The number of para-hydroxylation sites is 5. The van der Waals surface area contributed by atoms with Crippen molar-refractivity contribution in [3.63, 3.8) is 0 Å². The van der Waals surface area contributed by atoms with Crippen molar-refractivity contribution < 1.29 is 0 Å². The molecule has 0 saturated heterocycles. The van der Waals surface area contributed by atoms with Gasteiger partial charge in [-0.1, -0.05) is 122 Å². The highest BCUT2D eigenvalue weighted by Crippen LogP contribution is 2.44. The minimum absolute atomic E-state index is 0.455. The van der Waals surface area contributed by atoms with Gasteiger partial charge in [0.15, 0.2) is 0 Å². The lowest BCUT2D eigenvalue weighted by Crippen LogP contribution is -2.18. The van der Waals surface area contributed by atoms with Crippen LogP contribution in [0.5, 0.6) is 0 Å². The van der Waals surface area contributed by atoms with Crippen LogP contribution in [0, 0.1) is 22.7 Å². The maximum absolute atomic E-state index is 11.1. The number of hydrogen-bond donors (Lipinski definition) is 0. The molecule has 0 spiro atoms. The van der Waals surface area contributed by atoms with Crippen LogP contribution in [-0.4, -0.2) is 20.2 Å². The van der Waals surface area contributed by atoms with Crippen LogP contribution in [-0.2, 0) is 0 Å². The number of anilines is 2. The normalized spacial score (nSPS) is 13.9. The summed E-state index contributed by atoms with van der Waals surface area (Å²) >= 11 is 0. The van der Waals surface area contributed by atoms with Gasteiger partial charge < -0.3 is 18.6 Å². The van der Waals surface area contributed by atoms with Crippen molar-refractivity contribution >= 4 is 82.4 Å². The van der Waals surface area contributed by atoms with Gasteiger partial charge in [-0.05, 0) is 84.4 Å².